The van der Waals surface area contributed by atoms with Gasteiger partial charge in [-0.05, 0) is 25.1 Å². The predicted molar refractivity (Wildman–Crippen MR) is 78.6 cm³/mol. The zero-order valence-corrected chi connectivity index (χ0v) is 11.6. The summed E-state index contributed by atoms with van der Waals surface area (Å²) in [6.07, 6.45) is 2.52. The second kappa shape index (κ2) is 7.07. The van der Waals surface area contributed by atoms with Gasteiger partial charge >= 0.3 is 0 Å². The lowest BCUT2D eigenvalue weighted by atomic mass is 10.2. The zero-order chi connectivity index (χ0) is 14.4. The van der Waals surface area contributed by atoms with E-state index in [0.717, 1.165) is 5.69 Å². The first kappa shape index (κ1) is 14.6. The first-order chi connectivity index (χ1) is 9.65. The average molecular weight is 275 g/mol. The molecule has 2 N–H and O–H groups in total. The number of anilines is 1. The fourth-order valence-electron chi connectivity index (χ4n) is 2.18. The predicted octanol–water partition coefficient (Wildman–Crippen LogP) is 1.13. The molecule has 108 valence electrons. The Balaban J connectivity index is 2.00. The molecule has 2 atom stereocenters. The van der Waals surface area contributed by atoms with Crippen LogP contribution in [0.3, 0.4) is 0 Å². The van der Waals surface area contributed by atoms with Gasteiger partial charge in [0, 0.05) is 31.2 Å². The van der Waals surface area contributed by atoms with E-state index < -0.39 is 12.2 Å². The van der Waals surface area contributed by atoms with Crippen LogP contribution < -0.4 is 4.90 Å². The van der Waals surface area contributed by atoms with Crippen LogP contribution in [0.1, 0.15) is 6.92 Å². The number of hydrogen-bond acceptors (Lipinski definition) is 4. The van der Waals surface area contributed by atoms with Crippen molar-refractivity contribution in [1.82, 2.24) is 9.78 Å². The Morgan fingerprint density at radius 1 is 1.15 bits per heavy atom. The van der Waals surface area contributed by atoms with Crippen molar-refractivity contribution in [3.63, 3.8) is 0 Å². The van der Waals surface area contributed by atoms with Gasteiger partial charge in [0.2, 0.25) is 0 Å². The lowest BCUT2D eigenvalue weighted by molar-refractivity contribution is 0.146. The summed E-state index contributed by atoms with van der Waals surface area (Å²) >= 11 is 0. The second-order valence-electron chi connectivity index (χ2n) is 4.97. The summed E-state index contributed by atoms with van der Waals surface area (Å²) < 4.78 is 1.70. The number of rotatable bonds is 7. The summed E-state index contributed by atoms with van der Waals surface area (Å²) in [5.41, 5.74) is 0.993. The van der Waals surface area contributed by atoms with Crippen molar-refractivity contribution in [3.05, 3.63) is 48.8 Å². The van der Waals surface area contributed by atoms with Crippen LogP contribution in [0.5, 0.6) is 0 Å². The SMILES string of the molecule is C[C@@H](O)CN(C[C@@H](O)Cn1cccn1)c1ccccc1. The van der Waals surface area contributed by atoms with Crippen molar-refractivity contribution in [3.8, 4) is 0 Å². The van der Waals surface area contributed by atoms with Gasteiger partial charge in [0.15, 0.2) is 0 Å². The molecule has 0 bridgehead atoms. The molecule has 20 heavy (non-hydrogen) atoms. The summed E-state index contributed by atoms with van der Waals surface area (Å²) in [7, 11) is 0. The van der Waals surface area contributed by atoms with Crippen LogP contribution in [0.15, 0.2) is 48.8 Å². The quantitative estimate of drug-likeness (QED) is 0.795. The van der Waals surface area contributed by atoms with Crippen LogP contribution in [0.25, 0.3) is 0 Å². The fourth-order valence-corrected chi connectivity index (χ4v) is 2.18. The minimum absolute atomic E-state index is 0.441. The highest BCUT2D eigenvalue weighted by atomic mass is 16.3. The molecule has 0 unspecified atom stereocenters. The van der Waals surface area contributed by atoms with Crippen LogP contribution in [0.4, 0.5) is 5.69 Å². The number of hydrogen-bond donors (Lipinski definition) is 2. The number of nitrogens with zero attached hydrogens (tertiary/aromatic N) is 3. The zero-order valence-electron chi connectivity index (χ0n) is 11.6. The molecule has 1 aromatic heterocycles. The molecule has 0 aliphatic rings. The largest absolute Gasteiger partial charge is 0.392 e. The molecule has 2 aromatic rings. The van der Waals surface area contributed by atoms with Gasteiger partial charge in [-0.25, -0.2) is 0 Å². The third-order valence-electron chi connectivity index (χ3n) is 2.99. The standard InChI is InChI=1S/C15H21N3O2/c1-13(19)10-17(14-6-3-2-4-7-14)11-15(20)12-18-9-5-8-16-18/h2-9,13,15,19-20H,10-12H2,1H3/t13-,15-/m1/s1. The van der Waals surface area contributed by atoms with Crippen molar-refractivity contribution in [2.75, 3.05) is 18.0 Å². The maximum Gasteiger partial charge on any atom is 0.0910 e. The van der Waals surface area contributed by atoms with Gasteiger partial charge < -0.3 is 15.1 Å². The number of para-hydroxylation sites is 1. The molecule has 0 radical (unpaired) electrons. The molecule has 5 nitrogen and oxygen atoms in total. The molecule has 0 saturated heterocycles. The van der Waals surface area contributed by atoms with E-state index in [1.165, 1.54) is 0 Å². The summed E-state index contributed by atoms with van der Waals surface area (Å²) in [5, 5.41) is 23.9. The van der Waals surface area contributed by atoms with Crippen molar-refractivity contribution < 1.29 is 10.2 Å². The van der Waals surface area contributed by atoms with Gasteiger partial charge in [0.1, 0.15) is 0 Å². The Morgan fingerprint density at radius 3 is 2.50 bits per heavy atom. The van der Waals surface area contributed by atoms with E-state index in [2.05, 4.69) is 5.10 Å². The molecule has 0 spiro atoms. The van der Waals surface area contributed by atoms with Gasteiger partial charge in [-0.15, -0.1) is 0 Å². The third kappa shape index (κ3) is 4.36. The number of benzene rings is 1. The fraction of sp³-hybridized carbons (Fsp3) is 0.400. The molecule has 0 fully saturated rings. The van der Waals surface area contributed by atoms with E-state index in [9.17, 15) is 10.2 Å². The van der Waals surface area contributed by atoms with Crippen LogP contribution in [-0.4, -0.2) is 45.3 Å². The van der Waals surface area contributed by atoms with Crippen LogP contribution in [0, 0.1) is 0 Å². The highest BCUT2D eigenvalue weighted by Crippen LogP contribution is 2.14. The van der Waals surface area contributed by atoms with Gasteiger partial charge in [-0.2, -0.15) is 5.10 Å². The number of aliphatic hydroxyl groups excluding tert-OH is 2. The van der Waals surface area contributed by atoms with Crippen LogP contribution >= 0.6 is 0 Å². The Morgan fingerprint density at radius 2 is 1.90 bits per heavy atom. The third-order valence-corrected chi connectivity index (χ3v) is 2.99. The Labute approximate surface area is 119 Å². The normalized spacial score (nSPS) is 13.9. The lowest BCUT2D eigenvalue weighted by Crippen LogP contribution is -2.38. The summed E-state index contributed by atoms with van der Waals surface area (Å²) in [5.74, 6) is 0. The monoisotopic (exact) mass is 275 g/mol. The Kier molecular flexibility index (Phi) is 5.15. The van der Waals surface area contributed by atoms with Crippen molar-refractivity contribution in [2.45, 2.75) is 25.7 Å². The van der Waals surface area contributed by atoms with E-state index in [1.807, 2.05) is 47.5 Å². The summed E-state index contributed by atoms with van der Waals surface area (Å²) in [4.78, 5) is 1.98. The molecule has 0 aliphatic carbocycles. The first-order valence-electron chi connectivity index (χ1n) is 6.78. The molecule has 0 amide bonds. The Bertz CT molecular complexity index is 485. The van der Waals surface area contributed by atoms with Gasteiger partial charge in [-0.3, -0.25) is 4.68 Å². The molecule has 1 aromatic carbocycles. The van der Waals surface area contributed by atoms with E-state index >= 15 is 0 Å². The number of aliphatic hydroxyl groups is 2. The number of aromatic nitrogens is 2. The molecule has 2 rings (SSSR count). The molecule has 1 heterocycles. The molecule has 0 saturated carbocycles. The molecule has 0 aliphatic heterocycles. The van der Waals surface area contributed by atoms with Gasteiger partial charge in [-0.1, -0.05) is 18.2 Å². The highest BCUT2D eigenvalue weighted by Gasteiger charge is 2.14. The van der Waals surface area contributed by atoms with Crippen molar-refractivity contribution >= 4 is 5.69 Å². The van der Waals surface area contributed by atoms with E-state index in [4.69, 9.17) is 0 Å². The van der Waals surface area contributed by atoms with Crippen molar-refractivity contribution in [1.29, 1.82) is 0 Å². The lowest BCUT2D eigenvalue weighted by Gasteiger charge is -2.28. The molecular formula is C15H21N3O2. The molecular weight excluding hydrogens is 254 g/mol. The minimum atomic E-state index is -0.547. The maximum absolute atomic E-state index is 10.2. The highest BCUT2D eigenvalue weighted by molar-refractivity contribution is 5.46. The van der Waals surface area contributed by atoms with Crippen LogP contribution in [0.2, 0.25) is 0 Å². The van der Waals surface area contributed by atoms with Crippen LogP contribution in [-0.2, 0) is 6.54 Å². The van der Waals surface area contributed by atoms with E-state index in [1.54, 1.807) is 17.8 Å². The smallest absolute Gasteiger partial charge is 0.0910 e. The summed E-state index contributed by atoms with van der Waals surface area (Å²) in [6.45, 7) is 3.13. The topological polar surface area (TPSA) is 61.5 Å². The maximum atomic E-state index is 10.2. The molecule has 5 heteroatoms. The second-order valence-corrected chi connectivity index (χ2v) is 4.97. The Hall–Kier alpha value is -1.85. The van der Waals surface area contributed by atoms with Crippen molar-refractivity contribution in [2.24, 2.45) is 0 Å². The van der Waals surface area contributed by atoms with E-state index in [-0.39, 0.29) is 0 Å². The van der Waals surface area contributed by atoms with E-state index in [0.29, 0.717) is 19.6 Å². The first-order valence-corrected chi connectivity index (χ1v) is 6.78. The average Bonchev–Trinajstić information content (AvgIpc) is 2.91. The summed E-state index contributed by atoms with van der Waals surface area (Å²) in [6, 6.07) is 11.6. The minimum Gasteiger partial charge on any atom is -0.392 e. The van der Waals surface area contributed by atoms with Gasteiger partial charge in [0.25, 0.3) is 0 Å². The van der Waals surface area contributed by atoms with Gasteiger partial charge in [0.05, 0.1) is 18.8 Å².